The van der Waals surface area contributed by atoms with Gasteiger partial charge >= 0.3 is 0 Å². The molecule has 1 heterocycles. The van der Waals surface area contributed by atoms with E-state index in [0.717, 1.165) is 24.8 Å². The fourth-order valence-electron chi connectivity index (χ4n) is 3.08. The third-order valence-electron chi connectivity index (χ3n) is 4.33. The third-order valence-corrected chi connectivity index (χ3v) is 6.30. The molecule has 0 radical (unpaired) electrons. The van der Waals surface area contributed by atoms with Crippen molar-refractivity contribution in [3.05, 3.63) is 29.3 Å². The molecule has 1 aliphatic heterocycles. The Kier molecular flexibility index (Phi) is 4.05. The van der Waals surface area contributed by atoms with E-state index in [0.29, 0.717) is 11.5 Å². The van der Waals surface area contributed by atoms with E-state index in [4.69, 9.17) is 4.74 Å². The summed E-state index contributed by atoms with van der Waals surface area (Å²) in [5.74, 6) is 0. The van der Waals surface area contributed by atoms with Crippen molar-refractivity contribution in [1.29, 1.82) is 0 Å². The highest BCUT2D eigenvalue weighted by Gasteiger charge is 2.35. The number of aliphatic hydroxyl groups excluding tert-OH is 1. The first-order valence-corrected chi connectivity index (χ1v) is 8.82. The average molecular weight is 311 g/mol. The van der Waals surface area contributed by atoms with Gasteiger partial charge in [0.05, 0.1) is 24.2 Å². The zero-order chi connectivity index (χ0) is 15.0. The predicted molar refractivity (Wildman–Crippen MR) is 78.6 cm³/mol. The zero-order valence-electron chi connectivity index (χ0n) is 12.2. The van der Waals surface area contributed by atoms with Gasteiger partial charge in [0.2, 0.25) is 10.0 Å². The molecule has 5 nitrogen and oxygen atoms in total. The van der Waals surface area contributed by atoms with Gasteiger partial charge in [0, 0.05) is 12.6 Å². The van der Waals surface area contributed by atoms with Crippen LogP contribution in [0, 0.1) is 0 Å². The molecule has 2 atom stereocenters. The molecule has 0 bridgehead atoms. The highest BCUT2D eigenvalue weighted by Crippen LogP contribution is 2.28. The van der Waals surface area contributed by atoms with Gasteiger partial charge < -0.3 is 9.84 Å². The van der Waals surface area contributed by atoms with Gasteiger partial charge in [0.15, 0.2) is 0 Å². The van der Waals surface area contributed by atoms with Crippen LogP contribution in [-0.4, -0.2) is 49.7 Å². The number of aliphatic hydroxyl groups is 1. The molecule has 21 heavy (non-hydrogen) atoms. The Balaban J connectivity index is 1.92. The number of hydrogen-bond acceptors (Lipinski definition) is 4. The smallest absolute Gasteiger partial charge is 0.243 e. The van der Waals surface area contributed by atoms with Gasteiger partial charge in [-0.15, -0.1) is 0 Å². The van der Waals surface area contributed by atoms with Crippen LogP contribution in [0.5, 0.6) is 0 Å². The maximum absolute atomic E-state index is 12.8. The highest BCUT2D eigenvalue weighted by molar-refractivity contribution is 7.89. The molecule has 1 saturated heterocycles. The van der Waals surface area contributed by atoms with Crippen LogP contribution in [0.25, 0.3) is 0 Å². The zero-order valence-corrected chi connectivity index (χ0v) is 13.0. The monoisotopic (exact) mass is 311 g/mol. The van der Waals surface area contributed by atoms with Gasteiger partial charge in [-0.05, 0) is 49.4 Å². The van der Waals surface area contributed by atoms with E-state index in [1.54, 1.807) is 6.07 Å². The van der Waals surface area contributed by atoms with Crippen molar-refractivity contribution in [3.8, 4) is 0 Å². The normalized spacial score (nSPS) is 26.8. The summed E-state index contributed by atoms with van der Waals surface area (Å²) in [6.45, 7) is 2.19. The fourth-order valence-corrected chi connectivity index (χ4v) is 4.78. The largest absolute Gasteiger partial charge is 0.394 e. The van der Waals surface area contributed by atoms with Gasteiger partial charge in [0.25, 0.3) is 0 Å². The molecule has 116 valence electrons. The van der Waals surface area contributed by atoms with Crippen molar-refractivity contribution in [3.63, 3.8) is 0 Å². The molecule has 2 unspecified atom stereocenters. The second-order valence-electron chi connectivity index (χ2n) is 5.85. The van der Waals surface area contributed by atoms with E-state index >= 15 is 0 Å². The van der Waals surface area contributed by atoms with Crippen LogP contribution < -0.4 is 0 Å². The Morgan fingerprint density at radius 2 is 2.10 bits per heavy atom. The summed E-state index contributed by atoms with van der Waals surface area (Å²) in [6, 6.07) is 5.24. The van der Waals surface area contributed by atoms with Gasteiger partial charge in [-0.2, -0.15) is 4.31 Å². The summed E-state index contributed by atoms with van der Waals surface area (Å²) in [6.07, 6.45) is 2.65. The van der Waals surface area contributed by atoms with Crippen molar-refractivity contribution in [2.75, 3.05) is 19.8 Å². The average Bonchev–Trinajstić information content (AvgIpc) is 2.95. The number of morpholine rings is 1. The molecule has 0 amide bonds. The maximum Gasteiger partial charge on any atom is 0.243 e. The Bertz CT molecular complexity index is 629. The van der Waals surface area contributed by atoms with E-state index in [1.807, 2.05) is 19.1 Å². The number of sulfonamides is 1. The number of aryl methyl sites for hydroxylation is 2. The lowest BCUT2D eigenvalue weighted by Crippen LogP contribution is -2.51. The summed E-state index contributed by atoms with van der Waals surface area (Å²) >= 11 is 0. The standard InChI is InChI=1S/C15H21NO4S/c1-11-10-20-14(9-17)8-16(11)21(18,19)15-6-5-12-3-2-4-13(12)7-15/h5-7,11,14,17H,2-4,8-10H2,1H3. The second-order valence-corrected chi connectivity index (χ2v) is 7.74. The Hall–Kier alpha value is -0.950. The van der Waals surface area contributed by atoms with Gasteiger partial charge in [-0.25, -0.2) is 8.42 Å². The highest BCUT2D eigenvalue weighted by atomic mass is 32.2. The molecular weight excluding hydrogens is 290 g/mol. The lowest BCUT2D eigenvalue weighted by atomic mass is 10.1. The van der Waals surface area contributed by atoms with Crippen molar-refractivity contribution in [1.82, 2.24) is 4.31 Å². The summed E-state index contributed by atoms with van der Waals surface area (Å²) in [7, 11) is -3.53. The fraction of sp³-hybridized carbons (Fsp3) is 0.600. The SMILES string of the molecule is CC1COC(CO)CN1S(=O)(=O)c1ccc2c(c1)CCC2. The number of hydrogen-bond donors (Lipinski definition) is 1. The Labute approximate surface area is 125 Å². The van der Waals surface area contributed by atoms with E-state index in [-0.39, 0.29) is 19.2 Å². The molecule has 1 aliphatic carbocycles. The number of ether oxygens (including phenoxy) is 1. The number of nitrogens with zero attached hydrogens (tertiary/aromatic N) is 1. The summed E-state index contributed by atoms with van der Waals surface area (Å²) in [4.78, 5) is 0.355. The van der Waals surface area contributed by atoms with E-state index in [9.17, 15) is 13.5 Å². The van der Waals surface area contributed by atoms with Crippen LogP contribution in [0.1, 0.15) is 24.5 Å². The Morgan fingerprint density at radius 1 is 1.33 bits per heavy atom. The van der Waals surface area contributed by atoms with Crippen LogP contribution in [0.3, 0.4) is 0 Å². The van der Waals surface area contributed by atoms with Crippen molar-refractivity contribution in [2.24, 2.45) is 0 Å². The van der Waals surface area contributed by atoms with E-state index in [2.05, 4.69) is 0 Å². The molecule has 0 aromatic heterocycles. The van der Waals surface area contributed by atoms with Gasteiger partial charge in [-0.1, -0.05) is 6.07 Å². The predicted octanol–water partition coefficient (Wildman–Crippen LogP) is 0.946. The van der Waals surface area contributed by atoms with Gasteiger partial charge in [-0.3, -0.25) is 0 Å². The van der Waals surface area contributed by atoms with Gasteiger partial charge in [0.1, 0.15) is 0 Å². The summed E-state index contributed by atoms with van der Waals surface area (Å²) in [5, 5.41) is 9.21. The lowest BCUT2D eigenvalue weighted by Gasteiger charge is -2.36. The van der Waals surface area contributed by atoms with Crippen LogP contribution in [0.15, 0.2) is 23.1 Å². The first kappa shape index (κ1) is 15.0. The Morgan fingerprint density at radius 3 is 2.86 bits per heavy atom. The third kappa shape index (κ3) is 2.73. The quantitative estimate of drug-likeness (QED) is 0.902. The second kappa shape index (κ2) is 5.68. The topological polar surface area (TPSA) is 66.8 Å². The van der Waals surface area contributed by atoms with Crippen LogP contribution >= 0.6 is 0 Å². The van der Waals surface area contributed by atoms with E-state index < -0.39 is 16.1 Å². The lowest BCUT2D eigenvalue weighted by molar-refractivity contribution is -0.0516. The van der Waals surface area contributed by atoms with Crippen molar-refractivity contribution < 1.29 is 18.3 Å². The van der Waals surface area contributed by atoms with Crippen LogP contribution in [-0.2, 0) is 27.6 Å². The molecule has 1 aromatic rings. The van der Waals surface area contributed by atoms with Crippen molar-refractivity contribution >= 4 is 10.0 Å². The van der Waals surface area contributed by atoms with Crippen molar-refractivity contribution in [2.45, 2.75) is 43.2 Å². The minimum atomic E-state index is -3.53. The van der Waals surface area contributed by atoms with Crippen LogP contribution in [0.4, 0.5) is 0 Å². The molecule has 0 spiro atoms. The molecule has 3 rings (SSSR count). The summed E-state index contributed by atoms with van der Waals surface area (Å²) in [5.41, 5.74) is 2.41. The minimum absolute atomic E-state index is 0.164. The molecule has 2 aliphatic rings. The first-order chi connectivity index (χ1) is 10.0. The van der Waals surface area contributed by atoms with E-state index in [1.165, 1.54) is 9.87 Å². The summed E-state index contributed by atoms with van der Waals surface area (Å²) < 4.78 is 32.6. The molecule has 6 heteroatoms. The minimum Gasteiger partial charge on any atom is -0.394 e. The molecular formula is C15H21NO4S. The number of fused-ring (bicyclic) bond motifs is 1. The first-order valence-electron chi connectivity index (χ1n) is 7.38. The molecule has 0 saturated carbocycles. The van der Waals surface area contributed by atoms with Crippen LogP contribution in [0.2, 0.25) is 0 Å². The molecule has 1 aromatic carbocycles. The number of rotatable bonds is 3. The maximum atomic E-state index is 12.8. The number of benzene rings is 1. The molecule has 1 fully saturated rings. The molecule has 1 N–H and O–H groups in total.